The van der Waals surface area contributed by atoms with Crippen molar-refractivity contribution in [3.63, 3.8) is 0 Å². The topological polar surface area (TPSA) is 49.4 Å². The lowest BCUT2D eigenvalue weighted by Gasteiger charge is -2.41. The molecule has 1 heterocycles. The lowest BCUT2D eigenvalue weighted by molar-refractivity contribution is -0.151. The van der Waals surface area contributed by atoms with Gasteiger partial charge in [0.05, 0.1) is 0 Å². The molecule has 3 atom stereocenters. The summed E-state index contributed by atoms with van der Waals surface area (Å²) >= 11 is 0. The Morgan fingerprint density at radius 3 is 2.47 bits per heavy atom. The number of nitrogens with one attached hydrogen (secondary N) is 1. The van der Waals surface area contributed by atoms with E-state index in [2.05, 4.69) is 19.2 Å². The number of piperazine rings is 1. The molecule has 4 heteroatoms. The smallest absolute Gasteiger partial charge is 0.245 e. The molecule has 3 unspecified atom stereocenters. The van der Waals surface area contributed by atoms with Crippen LogP contribution < -0.4 is 5.32 Å². The van der Waals surface area contributed by atoms with Crippen LogP contribution in [0.15, 0.2) is 0 Å². The van der Waals surface area contributed by atoms with Crippen LogP contribution in [0.2, 0.25) is 0 Å². The molecule has 1 aliphatic rings. The van der Waals surface area contributed by atoms with Gasteiger partial charge in [0.2, 0.25) is 11.8 Å². The van der Waals surface area contributed by atoms with E-state index in [0.717, 1.165) is 12.8 Å². The molecule has 1 saturated heterocycles. The first kappa shape index (κ1) is 16.0. The Labute approximate surface area is 116 Å². The number of amides is 2. The molecule has 1 aliphatic heterocycles. The Morgan fingerprint density at radius 1 is 1.21 bits per heavy atom. The van der Waals surface area contributed by atoms with Crippen molar-refractivity contribution in [2.75, 3.05) is 0 Å². The van der Waals surface area contributed by atoms with E-state index in [0.29, 0.717) is 6.42 Å². The second-order valence-corrected chi connectivity index (χ2v) is 5.60. The number of rotatable bonds is 7. The summed E-state index contributed by atoms with van der Waals surface area (Å²) in [5.74, 6) is 0.0597. The number of nitrogens with zero attached hydrogens (tertiary/aromatic N) is 1. The van der Waals surface area contributed by atoms with Crippen LogP contribution in [0.5, 0.6) is 0 Å². The Hall–Kier alpha value is -1.06. The molecular formula is C15H28N2O2. The zero-order chi connectivity index (χ0) is 14.4. The van der Waals surface area contributed by atoms with Crippen LogP contribution in [0.25, 0.3) is 0 Å². The predicted molar refractivity (Wildman–Crippen MR) is 76.8 cm³/mol. The molecule has 0 aromatic carbocycles. The summed E-state index contributed by atoms with van der Waals surface area (Å²) in [7, 11) is 0. The molecule has 1 N–H and O–H groups in total. The van der Waals surface area contributed by atoms with Crippen LogP contribution in [0, 0.1) is 0 Å². The fraction of sp³-hybridized carbons (Fsp3) is 0.867. The van der Waals surface area contributed by atoms with Gasteiger partial charge in [0.15, 0.2) is 0 Å². The minimum Gasteiger partial charge on any atom is -0.343 e. The largest absolute Gasteiger partial charge is 0.343 e. The quantitative estimate of drug-likeness (QED) is 0.721. The van der Waals surface area contributed by atoms with Gasteiger partial charge >= 0.3 is 0 Å². The summed E-state index contributed by atoms with van der Waals surface area (Å²) in [4.78, 5) is 26.1. The van der Waals surface area contributed by atoms with Crippen molar-refractivity contribution >= 4 is 11.8 Å². The van der Waals surface area contributed by atoms with Crippen molar-refractivity contribution < 1.29 is 9.59 Å². The molecule has 2 amide bonds. The molecule has 4 nitrogen and oxygen atoms in total. The van der Waals surface area contributed by atoms with E-state index in [1.807, 2.05) is 11.8 Å². The van der Waals surface area contributed by atoms with Crippen LogP contribution in [0.4, 0.5) is 0 Å². The average molecular weight is 268 g/mol. The maximum atomic E-state index is 12.3. The summed E-state index contributed by atoms with van der Waals surface area (Å²) in [6.45, 7) is 7.99. The minimum absolute atomic E-state index is 0.00462. The first-order chi connectivity index (χ1) is 9.02. The number of carbonyl (C=O) groups is 2. The van der Waals surface area contributed by atoms with E-state index in [4.69, 9.17) is 0 Å². The van der Waals surface area contributed by atoms with Crippen molar-refractivity contribution in [3.05, 3.63) is 0 Å². The van der Waals surface area contributed by atoms with E-state index >= 15 is 0 Å². The molecule has 0 radical (unpaired) electrons. The van der Waals surface area contributed by atoms with Crippen LogP contribution >= 0.6 is 0 Å². The fourth-order valence-electron chi connectivity index (χ4n) is 2.79. The third-order valence-electron chi connectivity index (χ3n) is 3.96. The highest BCUT2D eigenvalue weighted by molar-refractivity contribution is 5.96. The first-order valence-corrected chi connectivity index (χ1v) is 7.65. The first-order valence-electron chi connectivity index (χ1n) is 7.65. The Morgan fingerprint density at radius 2 is 1.89 bits per heavy atom. The van der Waals surface area contributed by atoms with Crippen molar-refractivity contribution in [2.24, 2.45) is 0 Å². The molecule has 0 spiro atoms. The molecule has 0 saturated carbocycles. The molecule has 0 aromatic rings. The molecule has 110 valence electrons. The zero-order valence-electron chi connectivity index (χ0n) is 12.7. The molecular weight excluding hydrogens is 240 g/mol. The third-order valence-corrected chi connectivity index (χ3v) is 3.96. The summed E-state index contributed by atoms with van der Waals surface area (Å²) in [5.41, 5.74) is 0. The molecule has 1 rings (SSSR count). The normalized spacial score (nSPS) is 25.4. The van der Waals surface area contributed by atoms with E-state index in [9.17, 15) is 9.59 Å². The van der Waals surface area contributed by atoms with E-state index < -0.39 is 0 Å². The van der Waals surface area contributed by atoms with Gasteiger partial charge in [-0.2, -0.15) is 0 Å². The highest BCUT2D eigenvalue weighted by Gasteiger charge is 2.39. The third kappa shape index (κ3) is 3.95. The van der Waals surface area contributed by atoms with Gasteiger partial charge in [0.1, 0.15) is 12.1 Å². The van der Waals surface area contributed by atoms with Gasteiger partial charge in [-0.15, -0.1) is 0 Å². The second-order valence-electron chi connectivity index (χ2n) is 5.60. The van der Waals surface area contributed by atoms with Crippen molar-refractivity contribution in [2.45, 2.75) is 84.3 Å². The summed E-state index contributed by atoms with van der Waals surface area (Å²) < 4.78 is 0. The lowest BCUT2D eigenvalue weighted by atomic mass is 10.00. The van der Waals surface area contributed by atoms with Crippen LogP contribution in [0.1, 0.15) is 66.2 Å². The van der Waals surface area contributed by atoms with Crippen LogP contribution in [0.3, 0.4) is 0 Å². The Kier molecular flexibility index (Phi) is 6.32. The Balaban J connectivity index is 2.63. The summed E-state index contributed by atoms with van der Waals surface area (Å²) in [6.07, 6.45) is 6.47. The highest BCUT2D eigenvalue weighted by atomic mass is 16.2. The summed E-state index contributed by atoms with van der Waals surface area (Å²) in [5, 5.41) is 2.76. The van der Waals surface area contributed by atoms with Gasteiger partial charge in [0.25, 0.3) is 0 Å². The highest BCUT2D eigenvalue weighted by Crippen LogP contribution is 2.20. The monoisotopic (exact) mass is 268 g/mol. The van der Waals surface area contributed by atoms with Gasteiger partial charge in [-0.1, -0.05) is 39.5 Å². The molecule has 19 heavy (non-hydrogen) atoms. The van der Waals surface area contributed by atoms with Crippen molar-refractivity contribution in [3.8, 4) is 0 Å². The van der Waals surface area contributed by atoms with Gasteiger partial charge in [-0.25, -0.2) is 0 Å². The zero-order valence-corrected chi connectivity index (χ0v) is 12.7. The molecule has 0 aromatic heterocycles. The molecule has 0 bridgehead atoms. The summed E-state index contributed by atoms with van der Waals surface area (Å²) in [6, 6.07) is -0.513. The number of hydrogen-bond donors (Lipinski definition) is 1. The van der Waals surface area contributed by atoms with E-state index in [1.54, 1.807) is 6.92 Å². The standard InChI is InChI=1S/C15H28N2O2/c1-5-7-8-9-10-11(3)17-13(6-2)14(18)16-12(4)15(17)19/h11-13H,5-10H2,1-4H3,(H,16,18). The average Bonchev–Trinajstić information content (AvgIpc) is 2.38. The van der Waals surface area contributed by atoms with Crippen molar-refractivity contribution in [1.29, 1.82) is 0 Å². The van der Waals surface area contributed by atoms with Crippen molar-refractivity contribution in [1.82, 2.24) is 10.2 Å². The van der Waals surface area contributed by atoms with Gasteiger partial charge in [-0.05, 0) is 26.7 Å². The fourth-order valence-corrected chi connectivity index (χ4v) is 2.79. The lowest BCUT2D eigenvalue weighted by Crippen LogP contribution is -2.64. The number of hydrogen-bond acceptors (Lipinski definition) is 2. The van der Waals surface area contributed by atoms with E-state index in [1.165, 1.54) is 19.3 Å². The minimum atomic E-state index is -0.381. The molecule has 1 fully saturated rings. The van der Waals surface area contributed by atoms with Gasteiger partial charge < -0.3 is 10.2 Å². The predicted octanol–water partition coefficient (Wildman–Crippen LogP) is 2.47. The maximum Gasteiger partial charge on any atom is 0.245 e. The van der Waals surface area contributed by atoms with Crippen LogP contribution in [-0.2, 0) is 9.59 Å². The van der Waals surface area contributed by atoms with Crippen LogP contribution in [-0.4, -0.2) is 34.8 Å². The Bertz CT molecular complexity index is 317. The molecule has 0 aliphatic carbocycles. The SMILES string of the molecule is CCCCCCC(C)N1C(=O)C(C)NC(=O)C1CC. The van der Waals surface area contributed by atoms with Gasteiger partial charge in [0, 0.05) is 6.04 Å². The second kappa shape index (κ2) is 7.51. The number of unbranched alkanes of at least 4 members (excludes halogenated alkanes) is 3. The van der Waals surface area contributed by atoms with Gasteiger partial charge in [-0.3, -0.25) is 9.59 Å². The number of carbonyl (C=O) groups excluding carboxylic acids is 2. The van der Waals surface area contributed by atoms with E-state index in [-0.39, 0.29) is 29.9 Å². The maximum absolute atomic E-state index is 12.3.